The van der Waals surface area contributed by atoms with Gasteiger partial charge in [0.1, 0.15) is 10.7 Å². The third kappa shape index (κ3) is 2.66. The lowest BCUT2D eigenvalue weighted by Gasteiger charge is -2.02. The zero-order valence-electron chi connectivity index (χ0n) is 7.62. The van der Waals surface area contributed by atoms with Crippen molar-refractivity contribution in [1.29, 1.82) is 0 Å². The first-order valence-corrected chi connectivity index (χ1v) is 6.13. The topological polar surface area (TPSA) is 63.2 Å². The summed E-state index contributed by atoms with van der Waals surface area (Å²) in [6, 6.07) is 2.94. The molecule has 7 heteroatoms. The molecule has 1 amide bonds. The molecular weight excluding hydrogens is 245 g/mol. The van der Waals surface area contributed by atoms with Gasteiger partial charge in [-0.15, -0.1) is 0 Å². The SMILES string of the molecule is CNC(=O)c1ccc(S(=O)(=O)Cl)c(F)c1. The van der Waals surface area contributed by atoms with Crippen LogP contribution in [0.4, 0.5) is 4.39 Å². The van der Waals surface area contributed by atoms with Gasteiger partial charge in [-0.1, -0.05) is 0 Å². The molecule has 82 valence electrons. The summed E-state index contributed by atoms with van der Waals surface area (Å²) in [5, 5.41) is 2.28. The average molecular weight is 252 g/mol. The lowest BCUT2D eigenvalue weighted by atomic mass is 10.2. The number of benzene rings is 1. The molecule has 0 bridgehead atoms. The molecule has 1 aromatic rings. The molecule has 0 saturated carbocycles. The van der Waals surface area contributed by atoms with Crippen LogP contribution in [0, 0.1) is 5.82 Å². The summed E-state index contributed by atoms with van der Waals surface area (Å²) < 4.78 is 34.9. The Hall–Kier alpha value is -1.14. The van der Waals surface area contributed by atoms with E-state index in [1.165, 1.54) is 13.1 Å². The third-order valence-electron chi connectivity index (χ3n) is 1.68. The molecule has 0 unspecified atom stereocenters. The Morgan fingerprint density at radius 2 is 2.07 bits per heavy atom. The van der Waals surface area contributed by atoms with Crippen molar-refractivity contribution < 1.29 is 17.6 Å². The smallest absolute Gasteiger partial charge is 0.264 e. The maximum atomic E-state index is 13.2. The van der Waals surface area contributed by atoms with Gasteiger partial charge in [0.25, 0.3) is 15.0 Å². The van der Waals surface area contributed by atoms with E-state index in [9.17, 15) is 17.6 Å². The van der Waals surface area contributed by atoms with Crippen LogP contribution in [-0.4, -0.2) is 21.4 Å². The van der Waals surface area contributed by atoms with Crippen LogP contribution in [0.25, 0.3) is 0 Å². The Kier molecular flexibility index (Phi) is 3.31. The zero-order chi connectivity index (χ0) is 11.6. The zero-order valence-corrected chi connectivity index (χ0v) is 9.19. The fourth-order valence-electron chi connectivity index (χ4n) is 0.984. The minimum absolute atomic E-state index is 0.0269. The Morgan fingerprint density at radius 1 is 1.47 bits per heavy atom. The molecule has 0 heterocycles. The summed E-state index contributed by atoms with van der Waals surface area (Å²) in [6.45, 7) is 0. The molecular formula is C8H7ClFNO3S. The largest absolute Gasteiger partial charge is 0.355 e. The third-order valence-corrected chi connectivity index (χ3v) is 3.04. The Bertz CT molecular complexity index is 501. The number of rotatable bonds is 2. The molecule has 0 saturated heterocycles. The fourth-order valence-corrected chi connectivity index (χ4v) is 1.88. The van der Waals surface area contributed by atoms with E-state index in [0.717, 1.165) is 12.1 Å². The first-order chi connectivity index (χ1) is 6.86. The van der Waals surface area contributed by atoms with E-state index < -0.39 is 25.7 Å². The van der Waals surface area contributed by atoms with Crippen LogP contribution < -0.4 is 5.32 Å². The molecule has 1 rings (SSSR count). The van der Waals surface area contributed by atoms with Crippen molar-refractivity contribution in [3.05, 3.63) is 29.6 Å². The van der Waals surface area contributed by atoms with Crippen LogP contribution >= 0.6 is 10.7 Å². The highest BCUT2D eigenvalue weighted by Crippen LogP contribution is 2.19. The second kappa shape index (κ2) is 4.16. The van der Waals surface area contributed by atoms with E-state index in [4.69, 9.17) is 10.7 Å². The second-order valence-electron chi connectivity index (χ2n) is 2.66. The van der Waals surface area contributed by atoms with Crippen molar-refractivity contribution in [2.24, 2.45) is 0 Å². The predicted molar refractivity (Wildman–Crippen MR) is 52.8 cm³/mol. The van der Waals surface area contributed by atoms with Crippen LogP contribution in [0.3, 0.4) is 0 Å². The van der Waals surface area contributed by atoms with Gasteiger partial charge < -0.3 is 5.32 Å². The molecule has 0 spiro atoms. The molecule has 0 fully saturated rings. The molecule has 0 aliphatic carbocycles. The maximum absolute atomic E-state index is 13.2. The summed E-state index contributed by atoms with van der Waals surface area (Å²) in [7, 11) is 2.23. The number of nitrogens with one attached hydrogen (secondary N) is 1. The van der Waals surface area contributed by atoms with E-state index in [2.05, 4.69) is 5.32 Å². The van der Waals surface area contributed by atoms with Gasteiger partial charge in [-0.25, -0.2) is 12.8 Å². The summed E-state index contributed by atoms with van der Waals surface area (Å²) in [6.07, 6.45) is 0. The predicted octanol–water partition coefficient (Wildman–Crippen LogP) is 1.11. The van der Waals surface area contributed by atoms with Crippen molar-refractivity contribution >= 4 is 25.6 Å². The molecule has 0 atom stereocenters. The number of amides is 1. The maximum Gasteiger partial charge on any atom is 0.264 e. The van der Waals surface area contributed by atoms with Crippen LogP contribution in [0.2, 0.25) is 0 Å². The normalized spacial score (nSPS) is 11.1. The van der Waals surface area contributed by atoms with Crippen LogP contribution in [0.1, 0.15) is 10.4 Å². The number of carbonyl (C=O) groups is 1. The molecule has 0 aromatic heterocycles. The van der Waals surface area contributed by atoms with Gasteiger partial charge >= 0.3 is 0 Å². The van der Waals surface area contributed by atoms with Crippen molar-refractivity contribution in [1.82, 2.24) is 5.32 Å². The average Bonchev–Trinajstić information content (AvgIpc) is 2.14. The monoisotopic (exact) mass is 251 g/mol. The number of carbonyl (C=O) groups excluding carboxylic acids is 1. The molecule has 4 nitrogen and oxygen atoms in total. The highest BCUT2D eigenvalue weighted by molar-refractivity contribution is 8.13. The van der Waals surface area contributed by atoms with Gasteiger partial charge in [0, 0.05) is 23.3 Å². The van der Waals surface area contributed by atoms with E-state index in [1.807, 2.05) is 0 Å². The van der Waals surface area contributed by atoms with E-state index in [-0.39, 0.29) is 5.56 Å². The van der Waals surface area contributed by atoms with E-state index in [0.29, 0.717) is 0 Å². The lowest BCUT2D eigenvalue weighted by molar-refractivity contribution is 0.0962. The van der Waals surface area contributed by atoms with Crippen molar-refractivity contribution in [2.45, 2.75) is 4.90 Å². The summed E-state index contributed by atoms with van der Waals surface area (Å²) >= 11 is 0. The summed E-state index contributed by atoms with van der Waals surface area (Å²) in [5.74, 6) is -1.56. The second-order valence-corrected chi connectivity index (χ2v) is 5.20. The van der Waals surface area contributed by atoms with Gasteiger partial charge in [-0.3, -0.25) is 4.79 Å². The standard InChI is InChI=1S/C8H7ClFNO3S/c1-11-8(12)5-2-3-7(6(10)4-5)15(9,13)14/h2-4H,1H3,(H,11,12). The van der Waals surface area contributed by atoms with E-state index in [1.54, 1.807) is 0 Å². The minimum atomic E-state index is -4.12. The van der Waals surface area contributed by atoms with Crippen molar-refractivity contribution in [3.63, 3.8) is 0 Å². The number of hydrogen-bond donors (Lipinski definition) is 1. The lowest BCUT2D eigenvalue weighted by Crippen LogP contribution is -2.18. The highest BCUT2D eigenvalue weighted by Gasteiger charge is 2.17. The van der Waals surface area contributed by atoms with Crippen LogP contribution in [0.5, 0.6) is 0 Å². The number of hydrogen-bond acceptors (Lipinski definition) is 3. The van der Waals surface area contributed by atoms with Gasteiger partial charge in [0.2, 0.25) is 0 Å². The van der Waals surface area contributed by atoms with Crippen LogP contribution in [-0.2, 0) is 9.05 Å². The Morgan fingerprint density at radius 3 is 2.47 bits per heavy atom. The molecule has 1 N–H and O–H groups in total. The Labute approximate surface area is 90.5 Å². The molecule has 0 aliphatic heterocycles. The van der Waals surface area contributed by atoms with Gasteiger partial charge in [-0.05, 0) is 18.2 Å². The Balaban J connectivity index is 3.27. The van der Waals surface area contributed by atoms with Crippen molar-refractivity contribution in [3.8, 4) is 0 Å². The fraction of sp³-hybridized carbons (Fsp3) is 0.125. The molecule has 1 aromatic carbocycles. The van der Waals surface area contributed by atoms with Gasteiger partial charge in [0.15, 0.2) is 0 Å². The molecule has 0 radical (unpaired) electrons. The van der Waals surface area contributed by atoms with Crippen LogP contribution in [0.15, 0.2) is 23.1 Å². The summed E-state index contributed by atoms with van der Waals surface area (Å²) in [5.41, 5.74) is 0.0269. The number of halogens is 2. The first kappa shape index (κ1) is 11.9. The van der Waals surface area contributed by atoms with E-state index >= 15 is 0 Å². The van der Waals surface area contributed by atoms with Gasteiger partial charge in [0.05, 0.1) is 0 Å². The molecule has 15 heavy (non-hydrogen) atoms. The minimum Gasteiger partial charge on any atom is -0.355 e. The molecule has 0 aliphatic rings. The quantitative estimate of drug-likeness (QED) is 0.801. The van der Waals surface area contributed by atoms with Gasteiger partial charge in [-0.2, -0.15) is 0 Å². The first-order valence-electron chi connectivity index (χ1n) is 3.82. The highest BCUT2D eigenvalue weighted by atomic mass is 35.7. The van der Waals surface area contributed by atoms with Crippen molar-refractivity contribution in [2.75, 3.05) is 7.05 Å². The summed E-state index contributed by atoms with van der Waals surface area (Å²) in [4.78, 5) is 10.4.